The van der Waals surface area contributed by atoms with Gasteiger partial charge in [0, 0.05) is 24.4 Å². The minimum absolute atomic E-state index is 0.0408. The summed E-state index contributed by atoms with van der Waals surface area (Å²) in [5, 5.41) is 7.23. The third kappa shape index (κ3) is 4.58. The van der Waals surface area contributed by atoms with Gasteiger partial charge in [-0.05, 0) is 37.5 Å². The maximum Gasteiger partial charge on any atom is 0.227 e. The lowest BCUT2D eigenvalue weighted by molar-refractivity contribution is -0.142. The van der Waals surface area contributed by atoms with Gasteiger partial charge < -0.3 is 10.2 Å². The molecule has 1 saturated heterocycles. The van der Waals surface area contributed by atoms with Crippen LogP contribution in [0.5, 0.6) is 0 Å². The van der Waals surface area contributed by atoms with Gasteiger partial charge in [0.15, 0.2) is 0 Å². The average molecular weight is 383 g/mol. The topological polar surface area (TPSA) is 80.1 Å². The Balaban J connectivity index is 1.53. The van der Waals surface area contributed by atoms with Crippen molar-refractivity contribution in [3.63, 3.8) is 0 Å². The van der Waals surface area contributed by atoms with Crippen molar-refractivity contribution in [3.05, 3.63) is 42.5 Å². The lowest BCUT2D eigenvalue weighted by atomic mass is 9.90. The predicted molar refractivity (Wildman–Crippen MR) is 107 cm³/mol. The fourth-order valence-electron chi connectivity index (χ4n) is 3.49. The molecule has 0 aliphatic carbocycles. The van der Waals surface area contributed by atoms with Crippen LogP contribution >= 0.6 is 0 Å². The van der Waals surface area contributed by atoms with Crippen LogP contribution < -0.4 is 5.32 Å². The Labute approximate surface area is 166 Å². The zero-order valence-electron chi connectivity index (χ0n) is 17.1. The molecule has 7 nitrogen and oxygen atoms in total. The van der Waals surface area contributed by atoms with Crippen LogP contribution in [0.15, 0.2) is 36.9 Å². The van der Waals surface area contributed by atoms with Gasteiger partial charge >= 0.3 is 0 Å². The van der Waals surface area contributed by atoms with Crippen LogP contribution in [0.2, 0.25) is 0 Å². The molecule has 1 aliphatic rings. The summed E-state index contributed by atoms with van der Waals surface area (Å²) in [6.07, 6.45) is 4.57. The Morgan fingerprint density at radius 2 is 1.79 bits per heavy atom. The second-order valence-electron chi connectivity index (χ2n) is 8.48. The second kappa shape index (κ2) is 8.12. The number of piperidine rings is 1. The molecule has 28 heavy (non-hydrogen) atoms. The van der Waals surface area contributed by atoms with E-state index in [1.54, 1.807) is 11.0 Å². The summed E-state index contributed by atoms with van der Waals surface area (Å²) >= 11 is 0. The first-order valence-corrected chi connectivity index (χ1v) is 9.80. The standard InChI is InChI=1S/C21H29N5O2/c1-15(16-5-7-18(8-6-16)26-14-22-13-23-26)24-19(27)17-9-11-25(12-10-17)20(28)21(2,3)4/h5-8,13-15,17H,9-12H2,1-4H3,(H,24,27). The summed E-state index contributed by atoms with van der Waals surface area (Å²) in [6, 6.07) is 7.83. The molecule has 0 spiro atoms. The molecular weight excluding hydrogens is 354 g/mol. The lowest BCUT2D eigenvalue weighted by Gasteiger charge is -2.35. The highest BCUT2D eigenvalue weighted by molar-refractivity contribution is 5.82. The highest BCUT2D eigenvalue weighted by atomic mass is 16.2. The maximum absolute atomic E-state index is 12.7. The third-order valence-electron chi connectivity index (χ3n) is 5.23. The van der Waals surface area contributed by atoms with E-state index < -0.39 is 0 Å². The van der Waals surface area contributed by atoms with E-state index in [-0.39, 0.29) is 29.2 Å². The molecule has 2 amide bonds. The molecule has 2 heterocycles. The first kappa shape index (κ1) is 20.0. The van der Waals surface area contributed by atoms with Gasteiger partial charge in [-0.2, -0.15) is 5.10 Å². The van der Waals surface area contributed by atoms with E-state index in [9.17, 15) is 9.59 Å². The van der Waals surface area contributed by atoms with E-state index in [0.717, 1.165) is 11.3 Å². The highest BCUT2D eigenvalue weighted by Crippen LogP contribution is 2.24. The first-order chi connectivity index (χ1) is 13.3. The Hall–Kier alpha value is -2.70. The minimum Gasteiger partial charge on any atom is -0.349 e. The number of hydrogen-bond donors (Lipinski definition) is 1. The summed E-state index contributed by atoms with van der Waals surface area (Å²) < 4.78 is 1.69. The number of hydrogen-bond acceptors (Lipinski definition) is 4. The molecule has 1 aromatic heterocycles. The first-order valence-electron chi connectivity index (χ1n) is 9.80. The van der Waals surface area contributed by atoms with E-state index in [2.05, 4.69) is 15.4 Å². The largest absolute Gasteiger partial charge is 0.349 e. The molecule has 150 valence electrons. The van der Waals surface area contributed by atoms with Gasteiger partial charge in [0.25, 0.3) is 0 Å². The number of nitrogens with zero attached hydrogens (tertiary/aromatic N) is 4. The van der Waals surface area contributed by atoms with Crippen molar-refractivity contribution in [2.45, 2.75) is 46.6 Å². The van der Waals surface area contributed by atoms with E-state index in [4.69, 9.17) is 0 Å². The Morgan fingerprint density at radius 1 is 1.14 bits per heavy atom. The molecule has 2 aromatic rings. The summed E-state index contributed by atoms with van der Waals surface area (Å²) in [6.45, 7) is 9.09. The van der Waals surface area contributed by atoms with E-state index in [1.165, 1.54) is 6.33 Å². The molecule has 0 saturated carbocycles. The third-order valence-corrected chi connectivity index (χ3v) is 5.23. The number of rotatable bonds is 4. The molecule has 1 aliphatic heterocycles. The lowest BCUT2D eigenvalue weighted by Crippen LogP contribution is -2.46. The normalized spacial score (nSPS) is 16.6. The highest BCUT2D eigenvalue weighted by Gasteiger charge is 2.32. The molecule has 3 rings (SSSR count). The molecule has 7 heteroatoms. The van der Waals surface area contributed by atoms with E-state index >= 15 is 0 Å². The fourth-order valence-corrected chi connectivity index (χ4v) is 3.49. The smallest absolute Gasteiger partial charge is 0.227 e. The van der Waals surface area contributed by atoms with Crippen LogP contribution in [0, 0.1) is 11.3 Å². The van der Waals surface area contributed by atoms with Gasteiger partial charge in [0.2, 0.25) is 11.8 Å². The van der Waals surface area contributed by atoms with Gasteiger partial charge in [-0.3, -0.25) is 9.59 Å². The molecule has 1 N–H and O–H groups in total. The van der Waals surface area contributed by atoms with Gasteiger partial charge in [-0.15, -0.1) is 0 Å². The van der Waals surface area contributed by atoms with Crippen molar-refractivity contribution in [1.82, 2.24) is 25.0 Å². The maximum atomic E-state index is 12.7. The molecule has 0 radical (unpaired) electrons. The molecule has 1 fully saturated rings. The quantitative estimate of drug-likeness (QED) is 0.880. The molecule has 1 unspecified atom stereocenters. The van der Waals surface area contributed by atoms with Crippen LogP contribution in [0.3, 0.4) is 0 Å². The molecule has 1 aromatic carbocycles. The summed E-state index contributed by atoms with van der Waals surface area (Å²) in [5.74, 6) is 0.184. The van der Waals surface area contributed by atoms with E-state index in [0.29, 0.717) is 25.9 Å². The zero-order valence-corrected chi connectivity index (χ0v) is 17.1. The second-order valence-corrected chi connectivity index (χ2v) is 8.48. The van der Waals surface area contributed by atoms with Crippen LogP contribution in [0.4, 0.5) is 0 Å². The van der Waals surface area contributed by atoms with Gasteiger partial charge in [0.1, 0.15) is 12.7 Å². The van der Waals surface area contributed by atoms with Crippen molar-refractivity contribution in [2.24, 2.45) is 11.3 Å². The van der Waals surface area contributed by atoms with Crippen molar-refractivity contribution >= 4 is 11.8 Å². The number of benzene rings is 1. The van der Waals surface area contributed by atoms with Crippen LogP contribution in [0.1, 0.15) is 52.1 Å². The van der Waals surface area contributed by atoms with Crippen LogP contribution in [-0.2, 0) is 9.59 Å². The number of carbonyl (C=O) groups is 2. The van der Waals surface area contributed by atoms with Gasteiger partial charge in [0.05, 0.1) is 11.7 Å². The average Bonchev–Trinajstić information content (AvgIpc) is 3.21. The number of likely N-dealkylation sites (tertiary alicyclic amines) is 1. The Kier molecular flexibility index (Phi) is 5.82. The zero-order chi connectivity index (χ0) is 20.3. The van der Waals surface area contributed by atoms with Crippen molar-refractivity contribution in [3.8, 4) is 5.69 Å². The van der Waals surface area contributed by atoms with Crippen LogP contribution in [0.25, 0.3) is 5.69 Å². The van der Waals surface area contributed by atoms with Gasteiger partial charge in [-0.1, -0.05) is 32.9 Å². The summed E-state index contributed by atoms with van der Waals surface area (Å²) in [7, 11) is 0. The van der Waals surface area contributed by atoms with Crippen molar-refractivity contribution in [2.75, 3.05) is 13.1 Å². The number of carbonyl (C=O) groups excluding carboxylic acids is 2. The fraction of sp³-hybridized carbons (Fsp3) is 0.524. The summed E-state index contributed by atoms with van der Waals surface area (Å²) in [5.41, 5.74) is 1.59. The summed E-state index contributed by atoms with van der Waals surface area (Å²) in [4.78, 5) is 30.9. The Morgan fingerprint density at radius 3 is 2.32 bits per heavy atom. The van der Waals surface area contributed by atoms with Crippen molar-refractivity contribution in [1.29, 1.82) is 0 Å². The Bertz CT molecular complexity index is 800. The molecular formula is C21H29N5O2. The van der Waals surface area contributed by atoms with Crippen LogP contribution in [-0.4, -0.2) is 44.6 Å². The monoisotopic (exact) mass is 383 g/mol. The SMILES string of the molecule is CC(NC(=O)C1CCN(C(=O)C(C)(C)C)CC1)c1ccc(-n2cncn2)cc1. The molecule has 0 bridgehead atoms. The number of aromatic nitrogens is 3. The van der Waals surface area contributed by atoms with Crippen molar-refractivity contribution < 1.29 is 9.59 Å². The minimum atomic E-state index is -0.373. The van der Waals surface area contributed by atoms with Gasteiger partial charge in [-0.25, -0.2) is 9.67 Å². The number of nitrogens with one attached hydrogen (secondary N) is 1. The molecule has 1 atom stereocenters. The van der Waals surface area contributed by atoms with E-state index in [1.807, 2.05) is 56.9 Å². The number of amides is 2. The predicted octanol–water partition coefficient (Wildman–Crippen LogP) is 2.73.